The van der Waals surface area contributed by atoms with Crippen molar-refractivity contribution >= 4 is 23.2 Å². The van der Waals surface area contributed by atoms with E-state index in [1.807, 2.05) is 12.1 Å². The second-order valence-corrected chi connectivity index (χ2v) is 7.56. The van der Waals surface area contributed by atoms with Crippen LogP contribution in [0, 0.1) is 5.82 Å². The summed E-state index contributed by atoms with van der Waals surface area (Å²) in [6.45, 7) is 1.59. The summed E-state index contributed by atoms with van der Waals surface area (Å²) in [5.41, 5.74) is 0.908. The van der Waals surface area contributed by atoms with Crippen molar-refractivity contribution in [3.05, 3.63) is 65.6 Å². The van der Waals surface area contributed by atoms with Crippen LogP contribution in [-0.4, -0.2) is 35.0 Å². The molecule has 1 aliphatic rings. The molecule has 4 rings (SSSR count). The quantitative estimate of drug-likeness (QED) is 0.747. The third-order valence-corrected chi connectivity index (χ3v) is 5.68. The maximum atomic E-state index is 13.1. The fourth-order valence-electron chi connectivity index (χ4n) is 3.22. The highest BCUT2D eigenvalue weighted by Gasteiger charge is 2.23. The molecule has 0 radical (unpaired) electrons. The number of amides is 1. The molecule has 1 atom stereocenters. The summed E-state index contributed by atoms with van der Waals surface area (Å²) >= 11 is 1.41. The van der Waals surface area contributed by atoms with Crippen molar-refractivity contribution in [1.82, 2.24) is 15.3 Å². The van der Waals surface area contributed by atoms with Crippen LogP contribution in [0.3, 0.4) is 0 Å². The van der Waals surface area contributed by atoms with Crippen LogP contribution in [0.15, 0.2) is 54.9 Å². The van der Waals surface area contributed by atoms with Gasteiger partial charge in [0.1, 0.15) is 5.82 Å². The minimum Gasteiger partial charge on any atom is -0.347 e. The number of benzene rings is 1. The number of halogens is 1. The van der Waals surface area contributed by atoms with E-state index in [2.05, 4.69) is 20.2 Å². The molecule has 1 fully saturated rings. The first-order valence-corrected chi connectivity index (χ1v) is 9.69. The van der Waals surface area contributed by atoms with E-state index in [-0.39, 0.29) is 17.8 Å². The Kier molecular flexibility index (Phi) is 5.11. The molecule has 138 valence electrons. The van der Waals surface area contributed by atoms with Gasteiger partial charge in [-0.2, -0.15) is 0 Å². The predicted molar refractivity (Wildman–Crippen MR) is 104 cm³/mol. The van der Waals surface area contributed by atoms with Crippen LogP contribution in [-0.2, 0) is 0 Å². The van der Waals surface area contributed by atoms with Crippen LogP contribution >= 0.6 is 11.3 Å². The Bertz CT molecular complexity index is 913. The Hall–Kier alpha value is -2.80. The summed E-state index contributed by atoms with van der Waals surface area (Å²) < 4.78 is 13.1. The molecular formula is C20H19FN4OS. The Morgan fingerprint density at radius 3 is 2.70 bits per heavy atom. The van der Waals surface area contributed by atoms with E-state index in [0.29, 0.717) is 17.4 Å². The van der Waals surface area contributed by atoms with Crippen molar-refractivity contribution in [2.45, 2.75) is 18.9 Å². The van der Waals surface area contributed by atoms with Crippen molar-refractivity contribution in [3.8, 4) is 10.4 Å². The fraction of sp³-hybridized carbons (Fsp3) is 0.250. The van der Waals surface area contributed by atoms with Gasteiger partial charge in [-0.1, -0.05) is 12.1 Å². The monoisotopic (exact) mass is 382 g/mol. The zero-order valence-electron chi connectivity index (χ0n) is 14.6. The van der Waals surface area contributed by atoms with E-state index < -0.39 is 0 Å². The highest BCUT2D eigenvalue weighted by atomic mass is 32.1. The Morgan fingerprint density at radius 2 is 1.93 bits per heavy atom. The number of carbonyl (C=O) groups excluding carboxylic acids is 1. The number of thiophene rings is 1. The summed E-state index contributed by atoms with van der Waals surface area (Å²) in [7, 11) is 0. The van der Waals surface area contributed by atoms with Gasteiger partial charge in [0.05, 0.1) is 4.88 Å². The standard InChI is InChI=1S/C20H19FN4OS/c21-15-6-4-14(5-7-15)17-8-9-18(27-17)19(26)24-16-3-1-12-25(13-16)20-22-10-2-11-23-20/h2,4-11,16H,1,3,12-13H2,(H,24,26)/t16-/m1/s1. The molecule has 0 spiro atoms. The average molecular weight is 382 g/mol. The van der Waals surface area contributed by atoms with E-state index in [4.69, 9.17) is 0 Å². The molecule has 2 aromatic heterocycles. The van der Waals surface area contributed by atoms with Crippen molar-refractivity contribution in [2.24, 2.45) is 0 Å². The number of piperidine rings is 1. The number of hydrogen-bond acceptors (Lipinski definition) is 5. The number of nitrogens with zero attached hydrogens (tertiary/aromatic N) is 3. The molecule has 0 saturated carbocycles. The molecular weight excluding hydrogens is 363 g/mol. The maximum Gasteiger partial charge on any atom is 0.261 e. The minimum absolute atomic E-state index is 0.0615. The van der Waals surface area contributed by atoms with E-state index >= 15 is 0 Å². The smallest absolute Gasteiger partial charge is 0.261 e. The van der Waals surface area contributed by atoms with E-state index in [0.717, 1.165) is 29.8 Å². The molecule has 0 bridgehead atoms. The first kappa shape index (κ1) is 17.6. The number of anilines is 1. The van der Waals surface area contributed by atoms with Crippen molar-refractivity contribution in [3.63, 3.8) is 0 Å². The molecule has 3 aromatic rings. The predicted octanol–water partition coefficient (Wildman–Crippen LogP) is 3.74. The zero-order valence-corrected chi connectivity index (χ0v) is 15.5. The Morgan fingerprint density at radius 1 is 1.15 bits per heavy atom. The van der Waals surface area contributed by atoms with Crippen LogP contribution in [0.2, 0.25) is 0 Å². The molecule has 27 heavy (non-hydrogen) atoms. The molecule has 1 N–H and O–H groups in total. The van der Waals surface area contributed by atoms with Gasteiger partial charge in [-0.3, -0.25) is 4.79 Å². The van der Waals surface area contributed by atoms with Crippen LogP contribution in [0.25, 0.3) is 10.4 Å². The lowest BCUT2D eigenvalue weighted by Crippen LogP contribution is -2.48. The summed E-state index contributed by atoms with van der Waals surface area (Å²) in [5, 5.41) is 3.12. The number of rotatable bonds is 4. The lowest BCUT2D eigenvalue weighted by Gasteiger charge is -2.32. The summed E-state index contributed by atoms with van der Waals surface area (Å²) in [6, 6.07) is 11.9. The van der Waals surface area contributed by atoms with Crippen molar-refractivity contribution < 1.29 is 9.18 Å². The van der Waals surface area contributed by atoms with Gasteiger partial charge >= 0.3 is 0 Å². The van der Waals surface area contributed by atoms with Gasteiger partial charge in [-0.05, 0) is 48.7 Å². The molecule has 5 nitrogen and oxygen atoms in total. The third-order valence-electron chi connectivity index (χ3n) is 4.55. The molecule has 0 unspecified atom stereocenters. The van der Waals surface area contributed by atoms with E-state index in [1.54, 1.807) is 30.6 Å². The fourth-order valence-corrected chi connectivity index (χ4v) is 4.13. The van der Waals surface area contributed by atoms with Crippen molar-refractivity contribution in [2.75, 3.05) is 18.0 Å². The summed E-state index contributed by atoms with van der Waals surface area (Å²) in [4.78, 5) is 24.9. The van der Waals surface area contributed by atoms with Crippen molar-refractivity contribution in [1.29, 1.82) is 0 Å². The normalized spacial score (nSPS) is 16.9. The topological polar surface area (TPSA) is 58.1 Å². The first-order chi connectivity index (χ1) is 13.2. The number of nitrogens with one attached hydrogen (secondary N) is 1. The number of aromatic nitrogens is 2. The van der Waals surface area contributed by atoms with Gasteiger partial charge in [-0.15, -0.1) is 11.3 Å². The molecule has 7 heteroatoms. The molecule has 1 amide bonds. The summed E-state index contributed by atoms with van der Waals surface area (Å²) in [5.74, 6) is 0.359. The molecule has 1 saturated heterocycles. The first-order valence-electron chi connectivity index (χ1n) is 8.87. The Labute approximate surface area is 160 Å². The number of hydrogen-bond donors (Lipinski definition) is 1. The molecule has 1 aromatic carbocycles. The summed E-state index contributed by atoms with van der Waals surface area (Å²) in [6.07, 6.45) is 5.38. The van der Waals surface area contributed by atoms with Crippen LogP contribution in [0.4, 0.5) is 10.3 Å². The van der Waals surface area contributed by atoms with Gasteiger partial charge in [0.2, 0.25) is 5.95 Å². The largest absolute Gasteiger partial charge is 0.347 e. The van der Waals surface area contributed by atoms with Gasteiger partial charge in [0, 0.05) is 36.4 Å². The van der Waals surface area contributed by atoms with Gasteiger partial charge < -0.3 is 10.2 Å². The molecule has 0 aliphatic carbocycles. The van der Waals surface area contributed by atoms with Crippen LogP contribution in [0.5, 0.6) is 0 Å². The average Bonchev–Trinajstić information content (AvgIpc) is 3.20. The lowest BCUT2D eigenvalue weighted by atomic mass is 10.1. The second kappa shape index (κ2) is 7.84. The van der Waals surface area contributed by atoms with Gasteiger partial charge in [0.25, 0.3) is 5.91 Å². The highest BCUT2D eigenvalue weighted by Crippen LogP contribution is 2.28. The second-order valence-electron chi connectivity index (χ2n) is 6.48. The van der Waals surface area contributed by atoms with Crippen LogP contribution < -0.4 is 10.2 Å². The van der Waals surface area contributed by atoms with Gasteiger partial charge in [0.15, 0.2) is 0 Å². The minimum atomic E-state index is -0.266. The maximum absolute atomic E-state index is 13.1. The lowest BCUT2D eigenvalue weighted by molar-refractivity contribution is 0.0937. The zero-order chi connectivity index (χ0) is 18.6. The SMILES string of the molecule is O=C(N[C@@H]1CCCN(c2ncccn2)C1)c1ccc(-c2ccc(F)cc2)s1. The molecule has 1 aliphatic heterocycles. The third kappa shape index (κ3) is 4.14. The van der Waals surface area contributed by atoms with E-state index in [1.165, 1.54) is 23.5 Å². The molecule has 3 heterocycles. The number of carbonyl (C=O) groups is 1. The highest BCUT2D eigenvalue weighted by molar-refractivity contribution is 7.17. The Balaban J connectivity index is 1.41. The van der Waals surface area contributed by atoms with E-state index in [9.17, 15) is 9.18 Å². The van der Waals surface area contributed by atoms with Gasteiger partial charge in [-0.25, -0.2) is 14.4 Å². The van der Waals surface area contributed by atoms with Crippen LogP contribution in [0.1, 0.15) is 22.5 Å².